The maximum atomic E-state index is 11.8. The molecule has 0 aromatic heterocycles. The van der Waals surface area contributed by atoms with E-state index >= 15 is 0 Å². The van der Waals surface area contributed by atoms with E-state index in [0.29, 0.717) is 12.8 Å². The summed E-state index contributed by atoms with van der Waals surface area (Å²) in [4.78, 5) is 0. The van der Waals surface area contributed by atoms with Crippen molar-refractivity contribution in [1.29, 1.82) is 0 Å². The summed E-state index contributed by atoms with van der Waals surface area (Å²) in [6, 6.07) is 0. The lowest BCUT2D eigenvalue weighted by atomic mass is 9.92. The summed E-state index contributed by atoms with van der Waals surface area (Å²) in [6.07, 6.45) is 2.46. The van der Waals surface area contributed by atoms with Crippen LogP contribution >= 0.6 is 0 Å². The van der Waals surface area contributed by atoms with E-state index in [1.165, 1.54) is 0 Å². The van der Waals surface area contributed by atoms with Crippen LogP contribution in [-0.4, -0.2) is 53.2 Å². The van der Waals surface area contributed by atoms with Gasteiger partial charge in [0, 0.05) is 11.8 Å². The highest BCUT2D eigenvalue weighted by Crippen LogP contribution is 2.18. The van der Waals surface area contributed by atoms with Gasteiger partial charge in [0.15, 0.2) is 0 Å². The molecule has 1 fully saturated rings. The summed E-state index contributed by atoms with van der Waals surface area (Å²) < 4.78 is 48.0. The van der Waals surface area contributed by atoms with Crippen molar-refractivity contribution < 1.29 is 16.8 Å². The molecule has 0 atom stereocenters. The third-order valence-electron chi connectivity index (χ3n) is 2.83. The van der Waals surface area contributed by atoms with Crippen LogP contribution < -0.4 is 10.0 Å². The zero-order valence-electron chi connectivity index (χ0n) is 10.2. The molecular formula is C9H20N2O4S2. The van der Waals surface area contributed by atoms with E-state index in [9.17, 15) is 16.8 Å². The monoisotopic (exact) mass is 284 g/mol. The van der Waals surface area contributed by atoms with E-state index in [1.54, 1.807) is 0 Å². The fraction of sp³-hybridized carbons (Fsp3) is 1.00. The van der Waals surface area contributed by atoms with Gasteiger partial charge in [-0.25, -0.2) is 21.6 Å². The van der Waals surface area contributed by atoms with E-state index in [2.05, 4.69) is 10.0 Å². The molecule has 0 saturated carbocycles. The third kappa shape index (κ3) is 5.80. The fourth-order valence-corrected chi connectivity index (χ4v) is 4.91. The van der Waals surface area contributed by atoms with Crippen molar-refractivity contribution in [2.75, 3.05) is 30.9 Å². The number of nitrogens with one attached hydrogen (secondary N) is 2. The largest absolute Gasteiger partial charge is 0.317 e. The average molecular weight is 284 g/mol. The van der Waals surface area contributed by atoms with E-state index in [1.807, 2.05) is 6.92 Å². The third-order valence-corrected chi connectivity index (χ3v) is 5.58. The van der Waals surface area contributed by atoms with Crippen LogP contribution in [0.15, 0.2) is 0 Å². The Hall–Kier alpha value is -0.180. The zero-order chi connectivity index (χ0) is 13.2. The van der Waals surface area contributed by atoms with Crippen LogP contribution in [0.4, 0.5) is 0 Å². The Morgan fingerprint density at radius 2 is 1.65 bits per heavy atom. The molecule has 1 rings (SSSR count). The van der Waals surface area contributed by atoms with Crippen LogP contribution in [0.3, 0.4) is 0 Å². The molecule has 1 aliphatic heterocycles. The summed E-state index contributed by atoms with van der Waals surface area (Å²) in [5, 5.41) is 3.15. The molecule has 0 unspecified atom stereocenters. The van der Waals surface area contributed by atoms with Crippen molar-refractivity contribution in [3.8, 4) is 0 Å². The van der Waals surface area contributed by atoms with Gasteiger partial charge in [-0.1, -0.05) is 0 Å². The molecule has 0 aliphatic carbocycles. The molecular weight excluding hydrogens is 264 g/mol. The van der Waals surface area contributed by atoms with Gasteiger partial charge in [-0.3, -0.25) is 0 Å². The molecule has 8 heteroatoms. The van der Waals surface area contributed by atoms with Crippen LogP contribution in [0.2, 0.25) is 0 Å². The number of sulfonamides is 1. The highest BCUT2D eigenvalue weighted by molar-refractivity contribution is 7.93. The minimum absolute atomic E-state index is 0.337. The summed E-state index contributed by atoms with van der Waals surface area (Å²) in [6.45, 7) is 3.39. The molecule has 1 aliphatic rings. The zero-order valence-corrected chi connectivity index (χ0v) is 11.8. The molecule has 0 amide bonds. The summed E-state index contributed by atoms with van der Waals surface area (Å²) in [7, 11) is -6.78. The fourth-order valence-electron chi connectivity index (χ4n) is 1.77. The van der Waals surface area contributed by atoms with Crippen molar-refractivity contribution in [1.82, 2.24) is 10.0 Å². The predicted molar refractivity (Wildman–Crippen MR) is 67.1 cm³/mol. The Labute approximate surface area is 103 Å². The van der Waals surface area contributed by atoms with Crippen LogP contribution in [0.1, 0.15) is 19.8 Å². The minimum atomic E-state index is -3.53. The highest BCUT2D eigenvalue weighted by Gasteiger charge is 2.31. The average Bonchev–Trinajstić information content (AvgIpc) is 2.13. The Morgan fingerprint density at radius 3 is 2.12 bits per heavy atom. The van der Waals surface area contributed by atoms with Gasteiger partial charge in [0.1, 0.15) is 9.84 Å². The Bertz CT molecular complexity index is 449. The summed E-state index contributed by atoms with van der Waals surface area (Å²) >= 11 is 0. The van der Waals surface area contributed by atoms with Gasteiger partial charge >= 0.3 is 0 Å². The quantitative estimate of drug-likeness (QED) is 0.682. The molecule has 0 aromatic rings. The molecule has 1 saturated heterocycles. The van der Waals surface area contributed by atoms with E-state index in [4.69, 9.17) is 0 Å². The van der Waals surface area contributed by atoms with Gasteiger partial charge in [-0.15, -0.1) is 0 Å². The van der Waals surface area contributed by atoms with Crippen molar-refractivity contribution in [3.05, 3.63) is 0 Å². The van der Waals surface area contributed by atoms with Crippen LogP contribution in [0, 0.1) is 0 Å². The van der Waals surface area contributed by atoms with Gasteiger partial charge in [0.2, 0.25) is 10.0 Å². The van der Waals surface area contributed by atoms with Gasteiger partial charge < -0.3 is 5.32 Å². The molecule has 17 heavy (non-hydrogen) atoms. The summed E-state index contributed by atoms with van der Waals surface area (Å²) in [5.74, 6) is -0.703. The number of hydrogen-bond donors (Lipinski definition) is 2. The van der Waals surface area contributed by atoms with Gasteiger partial charge in [-0.05, 0) is 32.9 Å². The maximum absolute atomic E-state index is 11.8. The number of sulfone groups is 1. The van der Waals surface area contributed by atoms with Crippen molar-refractivity contribution in [2.45, 2.75) is 25.3 Å². The summed E-state index contributed by atoms with van der Waals surface area (Å²) in [5.41, 5.74) is -0.457. The van der Waals surface area contributed by atoms with Crippen LogP contribution in [0.5, 0.6) is 0 Å². The first-order valence-electron chi connectivity index (χ1n) is 5.52. The maximum Gasteiger partial charge on any atom is 0.213 e. The lowest BCUT2D eigenvalue weighted by Crippen LogP contribution is -2.53. The van der Waals surface area contributed by atoms with Crippen LogP contribution in [0.25, 0.3) is 0 Å². The Balaban J connectivity index is 2.59. The first kappa shape index (κ1) is 14.9. The molecule has 0 aromatic carbocycles. The topological polar surface area (TPSA) is 92.3 Å². The Morgan fingerprint density at radius 1 is 1.12 bits per heavy atom. The first-order valence-corrected chi connectivity index (χ1v) is 9.23. The molecule has 0 radical (unpaired) electrons. The normalized spacial score (nSPS) is 21.3. The number of hydrogen-bond acceptors (Lipinski definition) is 5. The van der Waals surface area contributed by atoms with Gasteiger partial charge in [0.25, 0.3) is 0 Å². The lowest BCUT2D eigenvalue weighted by Gasteiger charge is -2.34. The molecule has 2 N–H and O–H groups in total. The van der Waals surface area contributed by atoms with Crippen molar-refractivity contribution in [3.63, 3.8) is 0 Å². The molecule has 1 heterocycles. The SMILES string of the molecule is CC1(NS(=O)(=O)CCS(C)(=O)=O)CCNCC1. The lowest BCUT2D eigenvalue weighted by molar-refractivity contribution is 0.308. The molecule has 102 valence electrons. The second-order valence-corrected chi connectivity index (χ2v) is 8.96. The number of rotatable bonds is 5. The number of piperidine rings is 1. The smallest absolute Gasteiger partial charge is 0.213 e. The second kappa shape index (κ2) is 5.21. The predicted octanol–water partition coefficient (Wildman–Crippen LogP) is -0.907. The van der Waals surface area contributed by atoms with E-state index < -0.39 is 25.4 Å². The first-order chi connectivity index (χ1) is 7.62. The van der Waals surface area contributed by atoms with Crippen molar-refractivity contribution >= 4 is 19.9 Å². The second-order valence-electron chi connectivity index (χ2n) is 4.86. The minimum Gasteiger partial charge on any atom is -0.317 e. The van der Waals surface area contributed by atoms with Crippen molar-refractivity contribution in [2.24, 2.45) is 0 Å². The van der Waals surface area contributed by atoms with E-state index in [-0.39, 0.29) is 11.5 Å². The van der Waals surface area contributed by atoms with E-state index in [0.717, 1.165) is 19.3 Å². The van der Waals surface area contributed by atoms with Crippen LogP contribution in [-0.2, 0) is 19.9 Å². The molecule has 6 nitrogen and oxygen atoms in total. The van der Waals surface area contributed by atoms with Gasteiger partial charge in [0.05, 0.1) is 11.5 Å². The standard InChI is InChI=1S/C9H20N2O4S2/c1-9(3-5-10-6-4-9)11-17(14,15)8-7-16(2,12)13/h10-11H,3-8H2,1-2H3. The highest BCUT2D eigenvalue weighted by atomic mass is 32.2. The van der Waals surface area contributed by atoms with Gasteiger partial charge in [-0.2, -0.15) is 0 Å². The molecule has 0 spiro atoms. The Kier molecular flexibility index (Phi) is 4.56. The molecule has 0 bridgehead atoms.